The van der Waals surface area contributed by atoms with E-state index in [1.807, 2.05) is 25.5 Å². The zero-order chi connectivity index (χ0) is 14.2. The summed E-state index contributed by atoms with van der Waals surface area (Å²) in [6.07, 6.45) is 8.28. The molecule has 0 N–H and O–H groups in total. The summed E-state index contributed by atoms with van der Waals surface area (Å²) in [6.45, 7) is 0. The normalized spacial score (nSPS) is 13.4. The molecule has 0 amide bonds. The van der Waals surface area contributed by atoms with E-state index in [1.54, 1.807) is 0 Å². The first-order valence-corrected chi connectivity index (χ1v) is 7.05. The third-order valence-corrected chi connectivity index (χ3v) is 3.84. The first-order valence-electron chi connectivity index (χ1n) is 7.05. The van der Waals surface area contributed by atoms with Crippen LogP contribution in [0.2, 0.25) is 0 Å². The lowest BCUT2D eigenvalue weighted by molar-refractivity contribution is -0.671. The second-order valence-corrected chi connectivity index (χ2v) is 5.31. The van der Waals surface area contributed by atoms with Gasteiger partial charge >= 0.3 is 0 Å². The number of nitrogens with zero attached hydrogens (tertiary/aromatic N) is 2. The Labute approximate surface area is 147 Å². The van der Waals surface area contributed by atoms with Crippen LogP contribution in [-0.2, 0) is 7.05 Å². The molecular weight excluding hydrogens is 383 g/mol. The van der Waals surface area contributed by atoms with E-state index >= 15 is 0 Å². The van der Waals surface area contributed by atoms with Crippen LogP contribution in [0.1, 0.15) is 16.7 Å². The molecule has 0 unspecified atom stereocenters. The molecule has 108 valence electrons. The number of rotatable bonds is 1. The fourth-order valence-corrected chi connectivity index (χ4v) is 2.93. The molecule has 0 bridgehead atoms. The lowest BCUT2D eigenvalue weighted by Crippen LogP contribution is -3.00. The Morgan fingerprint density at radius 1 is 0.909 bits per heavy atom. The van der Waals surface area contributed by atoms with Crippen molar-refractivity contribution in [3.8, 4) is 11.3 Å². The quantitative estimate of drug-likeness (QED) is 0.337. The van der Waals surface area contributed by atoms with E-state index in [-0.39, 0.29) is 24.0 Å². The molecule has 2 aromatic heterocycles. The maximum absolute atomic E-state index is 4.56. The molecule has 0 saturated heterocycles. The van der Waals surface area contributed by atoms with Crippen LogP contribution in [0.4, 0.5) is 0 Å². The van der Waals surface area contributed by atoms with Crippen molar-refractivity contribution in [2.45, 2.75) is 0 Å². The van der Waals surface area contributed by atoms with Gasteiger partial charge in [-0.05, 0) is 29.3 Å². The number of halogens is 1. The Morgan fingerprint density at radius 2 is 1.68 bits per heavy atom. The van der Waals surface area contributed by atoms with Gasteiger partial charge in [-0.2, -0.15) is 0 Å². The monoisotopic (exact) mass is 398 g/mol. The van der Waals surface area contributed by atoms with E-state index in [0.717, 1.165) is 5.69 Å². The lowest BCUT2D eigenvalue weighted by Gasteiger charge is -2.02. The van der Waals surface area contributed by atoms with Gasteiger partial charge in [-0.15, -0.1) is 0 Å². The molecule has 22 heavy (non-hydrogen) atoms. The Hall–Kier alpha value is -2.01. The van der Waals surface area contributed by atoms with Gasteiger partial charge in [0.1, 0.15) is 7.05 Å². The second kappa shape index (κ2) is 6.01. The van der Waals surface area contributed by atoms with E-state index in [1.165, 1.54) is 27.8 Å². The Bertz CT molecular complexity index is 821. The molecule has 0 spiro atoms. The SMILES string of the molecule is C[n+]1cccc(C=C2c3ccccc3-c3ncccc32)c1.[I-]. The van der Waals surface area contributed by atoms with Crippen LogP contribution in [0.5, 0.6) is 0 Å². The number of hydrogen-bond acceptors (Lipinski definition) is 1. The van der Waals surface area contributed by atoms with Gasteiger partial charge in [-0.1, -0.05) is 30.3 Å². The summed E-state index contributed by atoms with van der Waals surface area (Å²) >= 11 is 0. The third kappa shape index (κ3) is 2.46. The summed E-state index contributed by atoms with van der Waals surface area (Å²) in [4.78, 5) is 4.56. The van der Waals surface area contributed by atoms with E-state index in [0.29, 0.717) is 0 Å². The molecule has 0 fully saturated rings. The minimum Gasteiger partial charge on any atom is -1.00 e. The van der Waals surface area contributed by atoms with Crippen LogP contribution in [-0.4, -0.2) is 4.98 Å². The highest BCUT2D eigenvalue weighted by Crippen LogP contribution is 2.43. The molecule has 3 heteroatoms. The Morgan fingerprint density at radius 3 is 2.50 bits per heavy atom. The number of aromatic nitrogens is 2. The van der Waals surface area contributed by atoms with Gasteiger partial charge in [-0.3, -0.25) is 4.98 Å². The summed E-state index contributed by atoms with van der Waals surface area (Å²) in [5.41, 5.74) is 7.23. The van der Waals surface area contributed by atoms with Crippen LogP contribution in [0, 0.1) is 0 Å². The molecule has 3 aromatic rings. The third-order valence-electron chi connectivity index (χ3n) is 3.84. The van der Waals surface area contributed by atoms with Crippen molar-refractivity contribution < 1.29 is 28.5 Å². The summed E-state index contributed by atoms with van der Waals surface area (Å²) in [6, 6.07) is 16.8. The maximum Gasteiger partial charge on any atom is 0.175 e. The molecule has 2 nitrogen and oxygen atoms in total. The average molecular weight is 398 g/mol. The van der Waals surface area contributed by atoms with Gasteiger partial charge in [0.2, 0.25) is 0 Å². The minimum absolute atomic E-state index is 0. The fraction of sp³-hybridized carbons (Fsp3) is 0.0526. The van der Waals surface area contributed by atoms with Crippen molar-refractivity contribution in [1.82, 2.24) is 4.98 Å². The van der Waals surface area contributed by atoms with E-state index in [4.69, 9.17) is 0 Å². The number of pyridine rings is 2. The molecule has 4 rings (SSSR count). The molecule has 0 saturated carbocycles. The van der Waals surface area contributed by atoms with Crippen molar-refractivity contribution in [3.05, 3.63) is 83.8 Å². The Balaban J connectivity index is 0.00000144. The molecule has 0 atom stereocenters. The van der Waals surface area contributed by atoms with Crippen LogP contribution in [0.25, 0.3) is 22.9 Å². The van der Waals surface area contributed by atoms with Gasteiger partial charge in [-0.25, -0.2) is 4.57 Å². The highest BCUT2D eigenvalue weighted by molar-refractivity contribution is 6.05. The van der Waals surface area contributed by atoms with Crippen molar-refractivity contribution in [3.63, 3.8) is 0 Å². The first-order chi connectivity index (χ1) is 10.3. The first kappa shape index (κ1) is 14.9. The van der Waals surface area contributed by atoms with Crippen LogP contribution in [0.3, 0.4) is 0 Å². The van der Waals surface area contributed by atoms with Gasteiger partial charge in [0.25, 0.3) is 0 Å². The van der Waals surface area contributed by atoms with Crippen molar-refractivity contribution in [2.75, 3.05) is 0 Å². The standard InChI is InChI=1S/C19H15N2.HI/c1-21-11-5-6-14(13-21)12-18-15-7-2-3-8-16(15)19-17(18)9-4-10-20-19;/h2-13H,1H3;1H/q+1;/p-1. The highest BCUT2D eigenvalue weighted by atomic mass is 127. The van der Waals surface area contributed by atoms with Crippen molar-refractivity contribution in [1.29, 1.82) is 0 Å². The predicted molar refractivity (Wildman–Crippen MR) is 84.3 cm³/mol. The van der Waals surface area contributed by atoms with Crippen LogP contribution < -0.4 is 28.5 Å². The maximum atomic E-state index is 4.56. The predicted octanol–water partition coefficient (Wildman–Crippen LogP) is 0.479. The second-order valence-electron chi connectivity index (χ2n) is 5.31. The van der Waals surface area contributed by atoms with Gasteiger partial charge in [0, 0.05) is 29.0 Å². The smallest absolute Gasteiger partial charge is 0.175 e. The molecule has 0 radical (unpaired) electrons. The van der Waals surface area contributed by atoms with E-state index < -0.39 is 0 Å². The number of aryl methyl sites for hydroxylation is 1. The Kier molecular flexibility index (Phi) is 4.07. The minimum atomic E-state index is 0. The van der Waals surface area contributed by atoms with Gasteiger partial charge in [0.15, 0.2) is 12.4 Å². The molecule has 0 aliphatic heterocycles. The van der Waals surface area contributed by atoms with Crippen molar-refractivity contribution in [2.24, 2.45) is 7.05 Å². The van der Waals surface area contributed by atoms with Crippen molar-refractivity contribution >= 4 is 11.6 Å². The summed E-state index contributed by atoms with van der Waals surface area (Å²) in [5.74, 6) is 0. The van der Waals surface area contributed by atoms with E-state index in [2.05, 4.69) is 64.3 Å². The van der Waals surface area contributed by atoms with E-state index in [9.17, 15) is 0 Å². The summed E-state index contributed by atoms with van der Waals surface area (Å²) < 4.78 is 2.07. The summed E-state index contributed by atoms with van der Waals surface area (Å²) in [7, 11) is 2.04. The molecule has 1 aliphatic carbocycles. The fourth-order valence-electron chi connectivity index (χ4n) is 2.93. The molecule has 1 aliphatic rings. The molecular formula is C19H15IN2. The van der Waals surface area contributed by atoms with Gasteiger partial charge < -0.3 is 24.0 Å². The molecule has 2 heterocycles. The zero-order valence-electron chi connectivity index (χ0n) is 12.2. The topological polar surface area (TPSA) is 16.8 Å². The lowest BCUT2D eigenvalue weighted by atomic mass is 10.0. The van der Waals surface area contributed by atoms with Crippen LogP contribution >= 0.6 is 0 Å². The highest BCUT2D eigenvalue weighted by Gasteiger charge is 2.23. The largest absolute Gasteiger partial charge is 1.00 e. The zero-order valence-corrected chi connectivity index (χ0v) is 14.4. The van der Waals surface area contributed by atoms with Gasteiger partial charge in [0.05, 0.1) is 5.69 Å². The number of benzene rings is 1. The number of hydrogen-bond donors (Lipinski definition) is 0. The van der Waals surface area contributed by atoms with Crippen LogP contribution in [0.15, 0.2) is 67.1 Å². The summed E-state index contributed by atoms with van der Waals surface area (Å²) in [5, 5.41) is 0. The average Bonchev–Trinajstić information content (AvgIpc) is 2.83. The molecule has 1 aromatic carbocycles. The number of fused-ring (bicyclic) bond motifs is 3.